The number of benzene rings is 1. The standard InChI is InChI=1S/C14H20F2N2O/c1-10(2)18-6-7-19-11(9-18)8-17-13-5-3-4-12(15)14(13)16/h3-5,10-11,17H,6-9H2,1-2H3. The maximum absolute atomic E-state index is 13.5. The van der Waals surface area contributed by atoms with Gasteiger partial charge in [0.2, 0.25) is 0 Å². The number of hydrogen-bond donors (Lipinski definition) is 1. The van der Waals surface area contributed by atoms with Gasteiger partial charge < -0.3 is 10.1 Å². The number of anilines is 1. The molecule has 1 unspecified atom stereocenters. The quantitative estimate of drug-likeness (QED) is 0.909. The Bertz CT molecular complexity index is 426. The van der Waals surface area contributed by atoms with E-state index in [-0.39, 0.29) is 11.8 Å². The molecule has 2 rings (SSSR count). The fourth-order valence-electron chi connectivity index (χ4n) is 2.20. The molecule has 1 atom stereocenters. The number of rotatable bonds is 4. The molecule has 0 aromatic heterocycles. The molecule has 1 aromatic rings. The minimum absolute atomic E-state index is 0.00110. The summed E-state index contributed by atoms with van der Waals surface area (Å²) < 4.78 is 32.2. The van der Waals surface area contributed by atoms with Crippen LogP contribution >= 0.6 is 0 Å². The Labute approximate surface area is 112 Å². The summed E-state index contributed by atoms with van der Waals surface area (Å²) in [6.45, 7) is 7.16. The summed E-state index contributed by atoms with van der Waals surface area (Å²) in [7, 11) is 0. The van der Waals surface area contributed by atoms with Crippen molar-refractivity contribution in [1.29, 1.82) is 0 Å². The van der Waals surface area contributed by atoms with Gasteiger partial charge in [-0.05, 0) is 26.0 Å². The largest absolute Gasteiger partial charge is 0.380 e. The molecular formula is C14H20F2N2O. The van der Waals surface area contributed by atoms with E-state index in [1.807, 2.05) is 0 Å². The Morgan fingerprint density at radius 1 is 1.42 bits per heavy atom. The van der Waals surface area contributed by atoms with Crippen molar-refractivity contribution in [2.45, 2.75) is 26.0 Å². The zero-order valence-electron chi connectivity index (χ0n) is 11.3. The molecule has 1 aliphatic heterocycles. The number of hydrogen-bond acceptors (Lipinski definition) is 3. The second kappa shape index (κ2) is 6.30. The first-order chi connectivity index (χ1) is 9.08. The van der Waals surface area contributed by atoms with Crippen LogP contribution in [-0.2, 0) is 4.74 Å². The van der Waals surface area contributed by atoms with Crippen LogP contribution in [0.2, 0.25) is 0 Å². The van der Waals surface area contributed by atoms with Crippen molar-refractivity contribution in [3.63, 3.8) is 0 Å². The summed E-state index contributed by atoms with van der Waals surface area (Å²) in [5, 5.41) is 2.92. The predicted octanol–water partition coefficient (Wildman–Crippen LogP) is 2.49. The average Bonchev–Trinajstić information content (AvgIpc) is 2.41. The van der Waals surface area contributed by atoms with Crippen molar-refractivity contribution >= 4 is 5.69 Å². The van der Waals surface area contributed by atoms with E-state index in [2.05, 4.69) is 24.1 Å². The van der Waals surface area contributed by atoms with Crippen molar-refractivity contribution in [2.75, 3.05) is 31.6 Å². The highest BCUT2D eigenvalue weighted by atomic mass is 19.2. The van der Waals surface area contributed by atoms with E-state index in [0.29, 0.717) is 19.2 Å². The summed E-state index contributed by atoms with van der Waals surface area (Å²) in [5.74, 6) is -1.67. The van der Waals surface area contributed by atoms with Crippen LogP contribution in [0, 0.1) is 11.6 Å². The molecule has 0 radical (unpaired) electrons. The number of morpholine rings is 1. The third kappa shape index (κ3) is 3.64. The van der Waals surface area contributed by atoms with Crippen LogP contribution in [-0.4, -0.2) is 43.3 Å². The Morgan fingerprint density at radius 3 is 2.95 bits per heavy atom. The van der Waals surface area contributed by atoms with E-state index in [0.717, 1.165) is 19.2 Å². The lowest BCUT2D eigenvalue weighted by molar-refractivity contribution is -0.0315. The lowest BCUT2D eigenvalue weighted by atomic mass is 10.2. The molecule has 0 saturated carbocycles. The fraction of sp³-hybridized carbons (Fsp3) is 0.571. The van der Waals surface area contributed by atoms with Crippen LogP contribution in [0.1, 0.15) is 13.8 Å². The van der Waals surface area contributed by atoms with Crippen molar-refractivity contribution in [1.82, 2.24) is 4.90 Å². The van der Waals surface area contributed by atoms with Gasteiger partial charge in [0.25, 0.3) is 0 Å². The summed E-state index contributed by atoms with van der Waals surface area (Å²) in [5.41, 5.74) is 0.185. The van der Waals surface area contributed by atoms with Crippen molar-refractivity contribution in [3.8, 4) is 0 Å². The van der Waals surface area contributed by atoms with Gasteiger partial charge in [0.05, 0.1) is 18.4 Å². The predicted molar refractivity (Wildman–Crippen MR) is 71.3 cm³/mol. The van der Waals surface area contributed by atoms with Crippen molar-refractivity contribution in [2.24, 2.45) is 0 Å². The molecular weight excluding hydrogens is 250 g/mol. The second-order valence-corrected chi connectivity index (χ2v) is 5.06. The lowest BCUT2D eigenvalue weighted by Gasteiger charge is -2.35. The minimum Gasteiger partial charge on any atom is -0.380 e. The highest BCUT2D eigenvalue weighted by Crippen LogP contribution is 2.17. The van der Waals surface area contributed by atoms with Gasteiger partial charge in [-0.2, -0.15) is 0 Å². The molecule has 5 heteroatoms. The van der Waals surface area contributed by atoms with Gasteiger partial charge in [-0.25, -0.2) is 8.78 Å². The normalized spacial score (nSPS) is 20.8. The Kier molecular flexibility index (Phi) is 4.71. The smallest absolute Gasteiger partial charge is 0.181 e. The molecule has 1 heterocycles. The average molecular weight is 270 g/mol. The van der Waals surface area contributed by atoms with E-state index in [4.69, 9.17) is 4.74 Å². The first-order valence-electron chi connectivity index (χ1n) is 6.61. The summed E-state index contributed by atoms with van der Waals surface area (Å²) >= 11 is 0. The molecule has 1 aliphatic rings. The maximum Gasteiger partial charge on any atom is 0.181 e. The van der Waals surface area contributed by atoms with Crippen molar-refractivity contribution < 1.29 is 13.5 Å². The fourth-order valence-corrected chi connectivity index (χ4v) is 2.20. The molecule has 3 nitrogen and oxygen atoms in total. The van der Waals surface area contributed by atoms with E-state index < -0.39 is 11.6 Å². The molecule has 106 valence electrons. The van der Waals surface area contributed by atoms with Crippen LogP contribution in [0.5, 0.6) is 0 Å². The lowest BCUT2D eigenvalue weighted by Crippen LogP contribution is -2.48. The third-order valence-corrected chi connectivity index (χ3v) is 3.37. The van der Waals surface area contributed by atoms with Gasteiger partial charge in [0.15, 0.2) is 11.6 Å². The van der Waals surface area contributed by atoms with Gasteiger partial charge in [0, 0.05) is 25.7 Å². The highest BCUT2D eigenvalue weighted by Gasteiger charge is 2.22. The Morgan fingerprint density at radius 2 is 2.21 bits per heavy atom. The van der Waals surface area contributed by atoms with Gasteiger partial charge >= 0.3 is 0 Å². The summed E-state index contributed by atoms with van der Waals surface area (Å²) in [6.07, 6.45) is -0.00110. The number of ether oxygens (including phenoxy) is 1. The van der Waals surface area contributed by atoms with Crippen LogP contribution in [0.4, 0.5) is 14.5 Å². The first kappa shape index (κ1) is 14.2. The molecule has 1 saturated heterocycles. The third-order valence-electron chi connectivity index (χ3n) is 3.37. The van der Waals surface area contributed by atoms with E-state index in [1.54, 1.807) is 0 Å². The monoisotopic (exact) mass is 270 g/mol. The summed E-state index contributed by atoms with van der Waals surface area (Å²) in [4.78, 5) is 2.32. The Hall–Kier alpha value is -1.20. The molecule has 0 aliphatic carbocycles. The van der Waals surface area contributed by atoms with Crippen LogP contribution in [0.15, 0.2) is 18.2 Å². The van der Waals surface area contributed by atoms with Crippen molar-refractivity contribution in [3.05, 3.63) is 29.8 Å². The molecule has 1 aromatic carbocycles. The van der Waals surface area contributed by atoms with Crippen LogP contribution in [0.25, 0.3) is 0 Å². The molecule has 1 N–H and O–H groups in total. The van der Waals surface area contributed by atoms with Gasteiger partial charge in [-0.3, -0.25) is 4.90 Å². The number of nitrogens with zero attached hydrogens (tertiary/aromatic N) is 1. The van der Waals surface area contributed by atoms with Crippen LogP contribution in [0.3, 0.4) is 0 Å². The van der Waals surface area contributed by atoms with Gasteiger partial charge in [-0.15, -0.1) is 0 Å². The molecule has 0 bridgehead atoms. The molecule has 0 spiro atoms. The second-order valence-electron chi connectivity index (χ2n) is 5.06. The van der Waals surface area contributed by atoms with Gasteiger partial charge in [-0.1, -0.05) is 6.07 Å². The molecule has 1 fully saturated rings. The molecule has 0 amide bonds. The number of halogens is 2. The Balaban J connectivity index is 1.90. The van der Waals surface area contributed by atoms with Gasteiger partial charge in [0.1, 0.15) is 0 Å². The highest BCUT2D eigenvalue weighted by molar-refractivity contribution is 5.45. The van der Waals surface area contributed by atoms with E-state index in [1.165, 1.54) is 12.1 Å². The zero-order valence-corrected chi connectivity index (χ0v) is 11.3. The molecule has 19 heavy (non-hydrogen) atoms. The maximum atomic E-state index is 13.5. The van der Waals surface area contributed by atoms with E-state index >= 15 is 0 Å². The first-order valence-corrected chi connectivity index (χ1v) is 6.61. The zero-order chi connectivity index (χ0) is 13.8. The topological polar surface area (TPSA) is 24.5 Å². The SMILES string of the molecule is CC(C)N1CCOC(CNc2cccc(F)c2F)C1. The van der Waals surface area contributed by atoms with E-state index in [9.17, 15) is 8.78 Å². The summed E-state index contributed by atoms with van der Waals surface area (Å²) in [6, 6.07) is 4.60. The van der Waals surface area contributed by atoms with Crippen LogP contribution < -0.4 is 5.32 Å². The number of nitrogens with one attached hydrogen (secondary N) is 1. The minimum atomic E-state index is -0.835.